The molecule has 0 radical (unpaired) electrons. The maximum Gasteiger partial charge on any atom is 0.234 e. The smallest absolute Gasteiger partial charge is 0.234 e. The zero-order chi connectivity index (χ0) is 19.5. The zero-order valence-corrected chi connectivity index (χ0v) is 16.5. The lowest BCUT2D eigenvalue weighted by Gasteiger charge is -2.07. The summed E-state index contributed by atoms with van der Waals surface area (Å²) in [5.74, 6) is 1.01. The van der Waals surface area contributed by atoms with E-state index in [1.54, 1.807) is 0 Å². The number of hydrogen-bond acceptors (Lipinski definition) is 5. The lowest BCUT2D eigenvalue weighted by Crippen LogP contribution is -2.14. The molecule has 0 aliphatic rings. The number of nitrogens with one attached hydrogen (secondary N) is 1. The average Bonchev–Trinajstić information content (AvgIpc) is 3.25. The monoisotopic (exact) mass is 392 g/mol. The van der Waals surface area contributed by atoms with E-state index in [1.165, 1.54) is 11.8 Å². The molecule has 1 amide bonds. The Kier molecular flexibility index (Phi) is 5.12. The van der Waals surface area contributed by atoms with Gasteiger partial charge in [0.15, 0.2) is 11.0 Å². The minimum Gasteiger partial charge on any atom is -0.325 e. The fourth-order valence-corrected chi connectivity index (χ4v) is 3.68. The Morgan fingerprint density at radius 3 is 2.86 bits per heavy atom. The van der Waals surface area contributed by atoms with Crippen molar-refractivity contribution in [2.45, 2.75) is 18.6 Å². The van der Waals surface area contributed by atoms with E-state index in [0.29, 0.717) is 11.7 Å². The van der Waals surface area contributed by atoms with Gasteiger partial charge >= 0.3 is 0 Å². The van der Waals surface area contributed by atoms with Gasteiger partial charge in [-0.25, -0.2) is 4.98 Å². The number of benzene rings is 2. The summed E-state index contributed by atoms with van der Waals surface area (Å²) in [6.07, 6.45) is 1.81. The van der Waals surface area contributed by atoms with Gasteiger partial charge in [0.05, 0.1) is 29.7 Å². The highest BCUT2D eigenvalue weighted by Gasteiger charge is 2.13. The third kappa shape index (κ3) is 3.91. The summed E-state index contributed by atoms with van der Waals surface area (Å²) in [5, 5.41) is 12.1. The summed E-state index contributed by atoms with van der Waals surface area (Å²) < 4.78 is 3.96. The molecule has 4 rings (SSSR count). The second-order valence-electron chi connectivity index (χ2n) is 6.53. The topological polar surface area (TPSA) is 77.6 Å². The van der Waals surface area contributed by atoms with E-state index in [1.807, 2.05) is 78.0 Å². The van der Waals surface area contributed by atoms with Crippen LogP contribution in [0.15, 0.2) is 60.0 Å². The third-order valence-electron chi connectivity index (χ3n) is 4.40. The summed E-state index contributed by atoms with van der Waals surface area (Å²) in [5.41, 5.74) is 3.91. The van der Waals surface area contributed by atoms with Crippen LogP contribution in [0.2, 0.25) is 0 Å². The lowest BCUT2D eigenvalue weighted by atomic mass is 10.2. The molecule has 0 spiro atoms. The largest absolute Gasteiger partial charge is 0.325 e. The molecule has 0 saturated heterocycles. The number of aryl methyl sites for hydroxylation is 1. The standard InChI is InChI=1S/C20H20N6OS/c1-14-6-5-7-15(10-14)22-19(27)12-28-20-24-23-18(25(20)2)11-26-13-21-16-8-3-4-9-17(16)26/h3-10,13H,11-12H2,1-2H3,(H,22,27). The van der Waals surface area contributed by atoms with Crippen LogP contribution in [-0.2, 0) is 18.4 Å². The van der Waals surface area contributed by atoms with Gasteiger partial charge in [-0.15, -0.1) is 10.2 Å². The molecule has 8 heteroatoms. The molecule has 2 heterocycles. The first-order valence-corrected chi connectivity index (χ1v) is 9.86. The van der Waals surface area contributed by atoms with Gasteiger partial charge in [-0.05, 0) is 36.8 Å². The summed E-state index contributed by atoms with van der Waals surface area (Å²) in [4.78, 5) is 16.6. The second-order valence-corrected chi connectivity index (χ2v) is 7.47. The van der Waals surface area contributed by atoms with E-state index in [2.05, 4.69) is 20.5 Å². The SMILES string of the molecule is Cc1cccc(NC(=O)CSc2nnc(Cn3cnc4ccccc43)n2C)c1. The number of carbonyl (C=O) groups excluding carboxylic acids is 1. The maximum atomic E-state index is 12.2. The minimum atomic E-state index is -0.0687. The number of amides is 1. The van der Waals surface area contributed by atoms with Crippen molar-refractivity contribution >= 4 is 34.4 Å². The van der Waals surface area contributed by atoms with E-state index in [-0.39, 0.29) is 11.7 Å². The number of carbonyl (C=O) groups is 1. The van der Waals surface area contributed by atoms with Gasteiger partial charge < -0.3 is 14.5 Å². The number of imidazole rings is 1. The number of para-hydroxylation sites is 2. The Balaban J connectivity index is 1.40. The first-order chi connectivity index (χ1) is 13.6. The van der Waals surface area contributed by atoms with Crippen LogP contribution >= 0.6 is 11.8 Å². The van der Waals surface area contributed by atoms with Crippen molar-refractivity contribution in [2.75, 3.05) is 11.1 Å². The molecule has 1 N–H and O–H groups in total. The number of aromatic nitrogens is 5. The van der Waals surface area contributed by atoms with Crippen molar-refractivity contribution in [3.63, 3.8) is 0 Å². The van der Waals surface area contributed by atoms with Crippen LogP contribution in [0.5, 0.6) is 0 Å². The van der Waals surface area contributed by atoms with Crippen LogP contribution < -0.4 is 5.32 Å². The van der Waals surface area contributed by atoms with Crippen molar-refractivity contribution in [2.24, 2.45) is 7.05 Å². The van der Waals surface area contributed by atoms with E-state index < -0.39 is 0 Å². The second kappa shape index (κ2) is 7.85. The average molecular weight is 392 g/mol. The highest BCUT2D eigenvalue weighted by molar-refractivity contribution is 7.99. The van der Waals surface area contributed by atoms with Crippen molar-refractivity contribution in [3.8, 4) is 0 Å². The van der Waals surface area contributed by atoms with Crippen LogP contribution in [0.25, 0.3) is 11.0 Å². The van der Waals surface area contributed by atoms with Crippen molar-refractivity contribution in [3.05, 3.63) is 66.2 Å². The summed E-state index contributed by atoms with van der Waals surface area (Å²) in [6.45, 7) is 2.56. The summed E-state index contributed by atoms with van der Waals surface area (Å²) in [7, 11) is 1.91. The number of fused-ring (bicyclic) bond motifs is 1. The molecule has 0 bridgehead atoms. The van der Waals surface area contributed by atoms with E-state index in [0.717, 1.165) is 28.1 Å². The zero-order valence-electron chi connectivity index (χ0n) is 15.7. The fourth-order valence-electron chi connectivity index (χ4n) is 2.95. The lowest BCUT2D eigenvalue weighted by molar-refractivity contribution is -0.113. The Bertz CT molecular complexity index is 1130. The molecule has 7 nitrogen and oxygen atoms in total. The Morgan fingerprint density at radius 2 is 2.00 bits per heavy atom. The molecular weight excluding hydrogens is 372 g/mol. The number of rotatable bonds is 6. The van der Waals surface area contributed by atoms with E-state index >= 15 is 0 Å². The molecule has 0 saturated carbocycles. The Labute approximate surface area is 166 Å². The predicted molar refractivity (Wildman–Crippen MR) is 110 cm³/mol. The van der Waals surface area contributed by atoms with Crippen LogP contribution in [0.3, 0.4) is 0 Å². The van der Waals surface area contributed by atoms with Crippen molar-refractivity contribution < 1.29 is 4.79 Å². The van der Waals surface area contributed by atoms with Gasteiger partial charge in [-0.2, -0.15) is 0 Å². The van der Waals surface area contributed by atoms with Gasteiger partial charge in [0.1, 0.15) is 0 Å². The summed E-state index contributed by atoms with van der Waals surface area (Å²) >= 11 is 1.37. The molecule has 0 unspecified atom stereocenters. The first-order valence-electron chi connectivity index (χ1n) is 8.87. The first kappa shape index (κ1) is 18.2. The van der Waals surface area contributed by atoms with Gasteiger partial charge in [-0.3, -0.25) is 4.79 Å². The fraction of sp³-hybridized carbons (Fsp3) is 0.200. The third-order valence-corrected chi connectivity index (χ3v) is 5.42. The van der Waals surface area contributed by atoms with E-state index in [9.17, 15) is 4.79 Å². The normalized spacial score (nSPS) is 11.1. The van der Waals surface area contributed by atoms with Gasteiger partial charge in [0, 0.05) is 12.7 Å². The molecule has 0 fully saturated rings. The van der Waals surface area contributed by atoms with Gasteiger partial charge in [0.25, 0.3) is 0 Å². The Hall–Kier alpha value is -3.13. The van der Waals surface area contributed by atoms with Crippen LogP contribution in [0.1, 0.15) is 11.4 Å². The molecule has 0 aliphatic carbocycles. The quantitative estimate of drug-likeness (QED) is 0.510. The minimum absolute atomic E-state index is 0.0687. The van der Waals surface area contributed by atoms with Crippen LogP contribution in [0, 0.1) is 6.92 Å². The van der Waals surface area contributed by atoms with Gasteiger partial charge in [-0.1, -0.05) is 36.0 Å². The number of hydrogen-bond donors (Lipinski definition) is 1. The van der Waals surface area contributed by atoms with Crippen molar-refractivity contribution in [1.29, 1.82) is 0 Å². The summed E-state index contributed by atoms with van der Waals surface area (Å²) in [6, 6.07) is 15.7. The number of nitrogens with zero attached hydrogens (tertiary/aromatic N) is 5. The molecule has 28 heavy (non-hydrogen) atoms. The predicted octanol–water partition coefficient (Wildman–Crippen LogP) is 3.25. The van der Waals surface area contributed by atoms with E-state index in [4.69, 9.17) is 0 Å². The molecule has 2 aromatic carbocycles. The number of thioether (sulfide) groups is 1. The molecule has 2 aromatic heterocycles. The molecule has 4 aromatic rings. The van der Waals surface area contributed by atoms with Crippen molar-refractivity contribution in [1.82, 2.24) is 24.3 Å². The maximum absolute atomic E-state index is 12.2. The molecular formula is C20H20N6OS. The molecule has 0 atom stereocenters. The van der Waals surface area contributed by atoms with Gasteiger partial charge in [0.2, 0.25) is 5.91 Å². The Morgan fingerprint density at radius 1 is 1.14 bits per heavy atom. The molecule has 0 aliphatic heterocycles. The van der Waals surface area contributed by atoms with Crippen LogP contribution in [-0.4, -0.2) is 36.0 Å². The van der Waals surface area contributed by atoms with Crippen LogP contribution in [0.4, 0.5) is 5.69 Å². The highest BCUT2D eigenvalue weighted by Crippen LogP contribution is 2.19. The molecule has 142 valence electrons. The highest BCUT2D eigenvalue weighted by atomic mass is 32.2. The number of anilines is 1.